The number of carbonyl (C=O) groups is 2. The highest BCUT2D eigenvalue weighted by atomic mass is 16.2. The number of aromatic amines is 1. The predicted octanol–water partition coefficient (Wildman–Crippen LogP) is 2.43. The molecule has 1 aromatic carbocycles. The van der Waals surface area contributed by atoms with Crippen molar-refractivity contribution in [2.45, 2.75) is 26.2 Å². The van der Waals surface area contributed by atoms with Crippen LogP contribution >= 0.6 is 0 Å². The molecule has 8 heteroatoms. The van der Waals surface area contributed by atoms with E-state index in [0.717, 1.165) is 16.7 Å². The molecule has 4 rings (SSSR count). The molecule has 1 fully saturated rings. The highest BCUT2D eigenvalue weighted by molar-refractivity contribution is 5.93. The molecule has 0 bridgehead atoms. The Morgan fingerprint density at radius 2 is 1.91 bits per heavy atom. The standard InChI is InChI=1S/C25H27N5O3/c1-2-27-24(33)25(16-19-6-3-4-7-20(19)18-10-13-26-14-11-18)12-5-15-30(17-25)23(32)21-8-9-22(31)29-28-21/h3-4,6-11,13-14H,2,5,12,15-17H2,1H3,(H,27,33)(H,29,31)/t25-/m1/s1. The van der Waals surface area contributed by atoms with Gasteiger partial charge in [-0.2, -0.15) is 5.10 Å². The summed E-state index contributed by atoms with van der Waals surface area (Å²) in [6.07, 6.45) is 5.38. The van der Waals surface area contributed by atoms with Crippen LogP contribution in [0.1, 0.15) is 35.8 Å². The molecule has 0 radical (unpaired) electrons. The van der Waals surface area contributed by atoms with Gasteiger partial charge in [-0.1, -0.05) is 24.3 Å². The monoisotopic (exact) mass is 445 g/mol. The van der Waals surface area contributed by atoms with E-state index in [1.807, 2.05) is 43.3 Å². The topological polar surface area (TPSA) is 108 Å². The quantitative estimate of drug-likeness (QED) is 0.606. The fraction of sp³-hybridized carbons (Fsp3) is 0.320. The summed E-state index contributed by atoms with van der Waals surface area (Å²) in [6, 6.07) is 14.7. The van der Waals surface area contributed by atoms with Gasteiger partial charge in [0.05, 0.1) is 5.41 Å². The van der Waals surface area contributed by atoms with E-state index in [1.54, 1.807) is 17.3 Å². The maximum Gasteiger partial charge on any atom is 0.274 e. The van der Waals surface area contributed by atoms with Gasteiger partial charge in [-0.15, -0.1) is 0 Å². The van der Waals surface area contributed by atoms with Gasteiger partial charge in [0.1, 0.15) is 5.69 Å². The van der Waals surface area contributed by atoms with Gasteiger partial charge in [-0.3, -0.25) is 19.4 Å². The Morgan fingerprint density at radius 1 is 1.12 bits per heavy atom. The lowest BCUT2D eigenvalue weighted by atomic mass is 9.73. The lowest BCUT2D eigenvalue weighted by Gasteiger charge is -2.42. The van der Waals surface area contributed by atoms with Gasteiger partial charge >= 0.3 is 0 Å². The summed E-state index contributed by atoms with van der Waals surface area (Å²) in [5.41, 5.74) is 2.16. The van der Waals surface area contributed by atoms with E-state index in [0.29, 0.717) is 32.4 Å². The summed E-state index contributed by atoms with van der Waals surface area (Å²) in [4.78, 5) is 43.6. The van der Waals surface area contributed by atoms with Crippen LogP contribution in [0, 0.1) is 5.41 Å². The third kappa shape index (κ3) is 4.84. The summed E-state index contributed by atoms with van der Waals surface area (Å²) in [6.45, 7) is 3.23. The molecule has 33 heavy (non-hydrogen) atoms. The molecule has 8 nitrogen and oxygen atoms in total. The van der Waals surface area contributed by atoms with E-state index in [-0.39, 0.29) is 29.6 Å². The van der Waals surface area contributed by atoms with Crippen LogP contribution in [0.4, 0.5) is 0 Å². The number of nitrogens with zero attached hydrogens (tertiary/aromatic N) is 3. The van der Waals surface area contributed by atoms with Gasteiger partial charge in [0.2, 0.25) is 5.91 Å². The SMILES string of the molecule is CCNC(=O)[C@@]1(Cc2ccccc2-c2ccncc2)CCCN(C(=O)c2ccc(=O)[nH]n2)C1. The number of carbonyl (C=O) groups excluding carboxylic acids is 2. The van der Waals surface area contributed by atoms with Gasteiger partial charge in [-0.25, -0.2) is 5.10 Å². The van der Waals surface area contributed by atoms with Crippen LogP contribution in [0.3, 0.4) is 0 Å². The fourth-order valence-corrected chi connectivity index (χ4v) is 4.54. The number of pyridine rings is 1. The predicted molar refractivity (Wildman–Crippen MR) is 124 cm³/mol. The Labute approximate surface area is 192 Å². The second-order valence-electron chi connectivity index (χ2n) is 8.35. The first kappa shape index (κ1) is 22.4. The molecule has 2 N–H and O–H groups in total. The van der Waals surface area contributed by atoms with Crippen LogP contribution in [0.5, 0.6) is 0 Å². The Hall–Kier alpha value is -3.81. The molecule has 3 aromatic rings. The maximum atomic E-state index is 13.4. The molecule has 0 saturated carbocycles. The van der Waals surface area contributed by atoms with Crippen LogP contribution in [0.15, 0.2) is 65.7 Å². The molecule has 1 saturated heterocycles. The van der Waals surface area contributed by atoms with Crippen LogP contribution < -0.4 is 10.9 Å². The first-order valence-corrected chi connectivity index (χ1v) is 11.1. The summed E-state index contributed by atoms with van der Waals surface area (Å²) >= 11 is 0. The minimum absolute atomic E-state index is 0.0542. The normalized spacial score (nSPS) is 18.0. The number of hydrogen-bond donors (Lipinski definition) is 2. The lowest BCUT2D eigenvalue weighted by Crippen LogP contribution is -2.54. The van der Waals surface area contributed by atoms with Crippen molar-refractivity contribution in [3.63, 3.8) is 0 Å². The largest absolute Gasteiger partial charge is 0.356 e. The van der Waals surface area contributed by atoms with Crippen molar-refractivity contribution in [1.82, 2.24) is 25.4 Å². The second kappa shape index (κ2) is 9.77. The van der Waals surface area contributed by atoms with Crippen molar-refractivity contribution in [3.05, 3.63) is 82.5 Å². The van der Waals surface area contributed by atoms with Crippen molar-refractivity contribution in [2.75, 3.05) is 19.6 Å². The van der Waals surface area contributed by atoms with E-state index in [4.69, 9.17) is 0 Å². The van der Waals surface area contributed by atoms with Crippen molar-refractivity contribution < 1.29 is 9.59 Å². The molecule has 1 aliphatic rings. The number of rotatable bonds is 6. The first-order chi connectivity index (χ1) is 16.0. The molecule has 1 atom stereocenters. The molecule has 170 valence electrons. The van der Waals surface area contributed by atoms with Crippen LogP contribution in [0.2, 0.25) is 0 Å². The molecule has 2 amide bonds. The third-order valence-electron chi connectivity index (χ3n) is 6.12. The van der Waals surface area contributed by atoms with E-state index in [1.165, 1.54) is 12.1 Å². The summed E-state index contributed by atoms with van der Waals surface area (Å²) in [5.74, 6) is -0.344. The molecular formula is C25H27N5O3. The van der Waals surface area contributed by atoms with Crippen LogP contribution in [-0.4, -0.2) is 51.5 Å². The number of H-pyrrole nitrogens is 1. The maximum absolute atomic E-state index is 13.4. The number of likely N-dealkylation sites (tertiary alicyclic amines) is 1. The number of benzene rings is 1. The van der Waals surface area contributed by atoms with E-state index in [9.17, 15) is 14.4 Å². The van der Waals surface area contributed by atoms with E-state index < -0.39 is 5.41 Å². The molecule has 1 aliphatic heterocycles. The van der Waals surface area contributed by atoms with Crippen LogP contribution in [0.25, 0.3) is 11.1 Å². The Bertz CT molecular complexity index is 1170. The number of hydrogen-bond acceptors (Lipinski definition) is 5. The summed E-state index contributed by atoms with van der Waals surface area (Å²) in [5, 5.41) is 9.19. The van der Waals surface area contributed by atoms with Crippen molar-refractivity contribution in [3.8, 4) is 11.1 Å². The average Bonchev–Trinajstić information content (AvgIpc) is 2.85. The number of piperidine rings is 1. The average molecular weight is 446 g/mol. The molecule has 0 spiro atoms. The smallest absolute Gasteiger partial charge is 0.274 e. The Morgan fingerprint density at radius 3 is 2.64 bits per heavy atom. The molecule has 0 aliphatic carbocycles. The van der Waals surface area contributed by atoms with Gasteiger partial charge in [0, 0.05) is 38.1 Å². The van der Waals surface area contributed by atoms with Crippen molar-refractivity contribution in [1.29, 1.82) is 0 Å². The van der Waals surface area contributed by atoms with Gasteiger partial charge in [-0.05, 0) is 61.1 Å². The Kier molecular flexibility index (Phi) is 6.63. The fourth-order valence-electron chi connectivity index (χ4n) is 4.54. The number of amides is 2. The van der Waals surface area contributed by atoms with Crippen molar-refractivity contribution >= 4 is 11.8 Å². The van der Waals surface area contributed by atoms with Crippen molar-refractivity contribution in [2.24, 2.45) is 5.41 Å². The minimum Gasteiger partial charge on any atom is -0.356 e. The van der Waals surface area contributed by atoms with Gasteiger partial charge < -0.3 is 10.2 Å². The molecule has 2 aromatic heterocycles. The Balaban J connectivity index is 1.68. The molecule has 3 heterocycles. The minimum atomic E-state index is -0.769. The van der Waals surface area contributed by atoms with Gasteiger partial charge in [0.15, 0.2) is 0 Å². The van der Waals surface area contributed by atoms with E-state index in [2.05, 4.69) is 20.5 Å². The molecule has 0 unspecified atom stereocenters. The first-order valence-electron chi connectivity index (χ1n) is 11.1. The number of nitrogens with one attached hydrogen (secondary N) is 2. The second-order valence-corrected chi connectivity index (χ2v) is 8.35. The third-order valence-corrected chi connectivity index (χ3v) is 6.12. The van der Waals surface area contributed by atoms with Crippen LogP contribution in [-0.2, 0) is 11.2 Å². The zero-order chi connectivity index (χ0) is 23.3. The number of aromatic nitrogens is 3. The highest BCUT2D eigenvalue weighted by Crippen LogP contribution is 2.37. The summed E-state index contributed by atoms with van der Waals surface area (Å²) < 4.78 is 0. The lowest BCUT2D eigenvalue weighted by molar-refractivity contribution is -0.133. The zero-order valence-electron chi connectivity index (χ0n) is 18.6. The molecular weight excluding hydrogens is 418 g/mol. The summed E-state index contributed by atoms with van der Waals surface area (Å²) in [7, 11) is 0. The van der Waals surface area contributed by atoms with Gasteiger partial charge in [0.25, 0.3) is 11.5 Å². The van der Waals surface area contributed by atoms with E-state index >= 15 is 0 Å². The highest BCUT2D eigenvalue weighted by Gasteiger charge is 2.44. The zero-order valence-corrected chi connectivity index (χ0v) is 18.6.